The number of nitrogens with one attached hydrogen (secondary N) is 2. The van der Waals surface area contributed by atoms with E-state index < -0.39 is 6.61 Å². The molecule has 0 spiro atoms. The molecule has 9 heteroatoms. The normalized spacial score (nSPS) is 11.2. The quantitative estimate of drug-likeness (QED) is 0.228. The Morgan fingerprint density at radius 1 is 1.12 bits per heavy atom. The average molecular weight is 555 g/mol. The largest absolute Gasteiger partial charge is 0.434 e. The molecule has 0 radical (unpaired) electrons. The van der Waals surface area contributed by atoms with Crippen LogP contribution in [0, 0.1) is 6.92 Å². The van der Waals surface area contributed by atoms with Crippen molar-refractivity contribution < 1.29 is 13.5 Å². The molecule has 32 heavy (non-hydrogen) atoms. The van der Waals surface area contributed by atoms with Crippen LogP contribution in [0.15, 0.2) is 65.9 Å². The van der Waals surface area contributed by atoms with Gasteiger partial charge in [0.15, 0.2) is 5.96 Å². The summed E-state index contributed by atoms with van der Waals surface area (Å²) < 4.78 is 31.9. The topological polar surface area (TPSA) is 63.5 Å². The molecule has 0 bridgehead atoms. The first-order chi connectivity index (χ1) is 15.0. The van der Waals surface area contributed by atoms with Gasteiger partial charge < -0.3 is 19.9 Å². The van der Waals surface area contributed by atoms with Gasteiger partial charge in [-0.05, 0) is 31.0 Å². The molecule has 3 rings (SSSR count). The van der Waals surface area contributed by atoms with E-state index in [1.54, 1.807) is 24.4 Å². The molecule has 0 aliphatic rings. The predicted molar refractivity (Wildman–Crippen MR) is 133 cm³/mol. The molecule has 2 aromatic carbocycles. The average Bonchev–Trinajstić information content (AvgIpc) is 3.15. The Morgan fingerprint density at radius 3 is 2.62 bits per heavy atom. The SMILES string of the molecule is CCNC(=NCc1cccc(Cn2ccnc2C)c1)NCc1ccccc1OC(F)F.I. The molecule has 0 unspecified atom stereocenters. The third kappa shape index (κ3) is 7.77. The summed E-state index contributed by atoms with van der Waals surface area (Å²) in [6.45, 7) is 3.33. The van der Waals surface area contributed by atoms with Gasteiger partial charge in [0.25, 0.3) is 0 Å². The van der Waals surface area contributed by atoms with E-state index in [1.165, 1.54) is 11.6 Å². The lowest BCUT2D eigenvalue weighted by atomic mass is 10.1. The zero-order valence-electron chi connectivity index (χ0n) is 18.1. The van der Waals surface area contributed by atoms with Gasteiger partial charge in [-0.3, -0.25) is 0 Å². The number of hydrogen-bond acceptors (Lipinski definition) is 3. The molecule has 172 valence electrons. The smallest absolute Gasteiger partial charge is 0.387 e. The summed E-state index contributed by atoms with van der Waals surface area (Å²) in [6, 6.07) is 15.0. The van der Waals surface area contributed by atoms with E-state index in [2.05, 4.69) is 42.0 Å². The zero-order valence-corrected chi connectivity index (χ0v) is 20.4. The Kier molecular flexibility index (Phi) is 10.4. The van der Waals surface area contributed by atoms with Crippen molar-refractivity contribution in [3.63, 3.8) is 0 Å². The van der Waals surface area contributed by atoms with Crippen LogP contribution in [0.4, 0.5) is 8.78 Å². The molecule has 1 aromatic heterocycles. The van der Waals surface area contributed by atoms with Crippen LogP contribution in [0.1, 0.15) is 29.4 Å². The summed E-state index contributed by atoms with van der Waals surface area (Å²) in [5, 5.41) is 6.36. The zero-order chi connectivity index (χ0) is 22.1. The Bertz CT molecular complexity index is 1010. The van der Waals surface area contributed by atoms with Crippen LogP contribution in [-0.4, -0.2) is 28.7 Å². The van der Waals surface area contributed by atoms with E-state index in [0.717, 1.165) is 17.9 Å². The van der Waals surface area contributed by atoms with Crippen LogP contribution in [-0.2, 0) is 19.6 Å². The number of aliphatic imine (C=N–C) groups is 1. The summed E-state index contributed by atoms with van der Waals surface area (Å²) in [5.41, 5.74) is 2.88. The fourth-order valence-corrected chi connectivity index (χ4v) is 3.15. The Hall–Kier alpha value is -2.69. The molecule has 0 fully saturated rings. The molecule has 2 N–H and O–H groups in total. The highest BCUT2D eigenvalue weighted by Crippen LogP contribution is 2.20. The van der Waals surface area contributed by atoms with Crippen molar-refractivity contribution in [1.29, 1.82) is 0 Å². The van der Waals surface area contributed by atoms with Gasteiger partial charge in [-0.1, -0.05) is 42.5 Å². The maximum Gasteiger partial charge on any atom is 0.387 e. The second-order valence-corrected chi connectivity index (χ2v) is 6.96. The van der Waals surface area contributed by atoms with Gasteiger partial charge in [-0.15, -0.1) is 24.0 Å². The van der Waals surface area contributed by atoms with Crippen molar-refractivity contribution in [2.24, 2.45) is 4.99 Å². The van der Waals surface area contributed by atoms with Crippen LogP contribution in [0.25, 0.3) is 0 Å². The van der Waals surface area contributed by atoms with Gasteiger partial charge in [0, 0.05) is 37.6 Å². The van der Waals surface area contributed by atoms with E-state index in [0.29, 0.717) is 31.2 Å². The van der Waals surface area contributed by atoms with Crippen LogP contribution in [0.5, 0.6) is 5.75 Å². The number of ether oxygens (including phenoxy) is 1. The van der Waals surface area contributed by atoms with Crippen molar-refractivity contribution in [2.75, 3.05) is 6.54 Å². The van der Waals surface area contributed by atoms with Crippen molar-refractivity contribution in [3.8, 4) is 5.75 Å². The number of halogens is 3. The third-order valence-corrected chi connectivity index (χ3v) is 4.67. The van der Waals surface area contributed by atoms with Gasteiger partial charge in [0.05, 0.1) is 6.54 Å². The molecule has 0 saturated heterocycles. The lowest BCUT2D eigenvalue weighted by molar-refractivity contribution is -0.0504. The van der Waals surface area contributed by atoms with Crippen molar-refractivity contribution in [1.82, 2.24) is 20.2 Å². The summed E-state index contributed by atoms with van der Waals surface area (Å²) in [6.07, 6.45) is 3.76. The Labute approximate surface area is 204 Å². The third-order valence-electron chi connectivity index (χ3n) is 4.67. The standard InChI is InChI=1S/C23H27F2N5O.HI/c1-3-26-23(29-15-20-9-4-5-10-21(20)31-22(24)25)28-14-18-7-6-8-19(13-18)16-30-12-11-27-17(30)2;/h4-13,22H,3,14-16H2,1-2H3,(H2,26,28,29);1H. The summed E-state index contributed by atoms with van der Waals surface area (Å²) in [7, 11) is 0. The number of nitrogens with zero attached hydrogens (tertiary/aromatic N) is 3. The number of imidazole rings is 1. The molecular weight excluding hydrogens is 527 g/mol. The minimum atomic E-state index is -2.86. The highest BCUT2D eigenvalue weighted by atomic mass is 127. The number of aryl methyl sites for hydroxylation is 1. The lowest BCUT2D eigenvalue weighted by Gasteiger charge is -2.14. The first kappa shape index (κ1) is 25.6. The van der Waals surface area contributed by atoms with Crippen LogP contribution in [0.2, 0.25) is 0 Å². The fraction of sp³-hybridized carbons (Fsp3) is 0.304. The molecular formula is C23H28F2IN5O. The maximum absolute atomic E-state index is 12.6. The highest BCUT2D eigenvalue weighted by Gasteiger charge is 2.09. The van der Waals surface area contributed by atoms with Gasteiger partial charge >= 0.3 is 6.61 Å². The maximum atomic E-state index is 12.6. The number of guanidine groups is 1. The molecule has 6 nitrogen and oxygen atoms in total. The molecule has 0 amide bonds. The second kappa shape index (κ2) is 13.0. The highest BCUT2D eigenvalue weighted by molar-refractivity contribution is 14.0. The number of benzene rings is 2. The first-order valence-corrected chi connectivity index (χ1v) is 10.2. The number of alkyl halides is 2. The predicted octanol–water partition coefficient (Wildman–Crippen LogP) is 4.71. The summed E-state index contributed by atoms with van der Waals surface area (Å²) in [4.78, 5) is 8.89. The van der Waals surface area contributed by atoms with Crippen molar-refractivity contribution in [2.45, 2.75) is 40.1 Å². The Morgan fingerprint density at radius 2 is 1.91 bits per heavy atom. The van der Waals surface area contributed by atoms with Crippen LogP contribution >= 0.6 is 24.0 Å². The number of aromatic nitrogens is 2. The van der Waals surface area contributed by atoms with Gasteiger partial charge in [0.2, 0.25) is 0 Å². The van der Waals surface area contributed by atoms with Crippen molar-refractivity contribution >= 4 is 29.9 Å². The Balaban J connectivity index is 0.00000363. The van der Waals surface area contributed by atoms with Crippen molar-refractivity contribution in [3.05, 3.63) is 83.4 Å². The van der Waals surface area contributed by atoms with Crippen LogP contribution < -0.4 is 15.4 Å². The molecule has 0 aliphatic carbocycles. The summed E-state index contributed by atoms with van der Waals surface area (Å²) in [5.74, 6) is 1.73. The minimum absolute atomic E-state index is 0. The number of hydrogen-bond donors (Lipinski definition) is 2. The van der Waals surface area contributed by atoms with Gasteiger partial charge in [0.1, 0.15) is 11.6 Å². The van der Waals surface area contributed by atoms with E-state index in [-0.39, 0.29) is 29.7 Å². The minimum Gasteiger partial charge on any atom is -0.434 e. The van der Waals surface area contributed by atoms with E-state index in [4.69, 9.17) is 0 Å². The van der Waals surface area contributed by atoms with E-state index in [9.17, 15) is 8.78 Å². The molecule has 0 aliphatic heterocycles. The number of rotatable bonds is 9. The molecule has 1 heterocycles. The van der Waals surface area contributed by atoms with E-state index in [1.807, 2.05) is 32.2 Å². The van der Waals surface area contributed by atoms with E-state index >= 15 is 0 Å². The fourth-order valence-electron chi connectivity index (χ4n) is 3.15. The van der Waals surface area contributed by atoms with Gasteiger partial charge in [-0.2, -0.15) is 8.78 Å². The molecule has 3 aromatic rings. The molecule has 0 saturated carbocycles. The van der Waals surface area contributed by atoms with Crippen LogP contribution in [0.3, 0.4) is 0 Å². The second-order valence-electron chi connectivity index (χ2n) is 6.96. The monoisotopic (exact) mass is 555 g/mol. The first-order valence-electron chi connectivity index (χ1n) is 10.2. The molecule has 0 atom stereocenters. The number of para-hydroxylation sites is 1. The van der Waals surface area contributed by atoms with Gasteiger partial charge in [-0.25, -0.2) is 9.98 Å². The summed E-state index contributed by atoms with van der Waals surface area (Å²) >= 11 is 0. The lowest BCUT2D eigenvalue weighted by Crippen LogP contribution is -2.36.